The van der Waals surface area contributed by atoms with Gasteiger partial charge in [0.2, 0.25) is 0 Å². The maximum atomic E-state index is 5.84. The molecule has 0 saturated carbocycles. The summed E-state index contributed by atoms with van der Waals surface area (Å²) in [7, 11) is -2.49. The van der Waals surface area contributed by atoms with Gasteiger partial charge in [0.05, 0.1) is 13.2 Å². The minimum Gasteiger partial charge on any atom is -0.381 e. The molecule has 1 heterocycles. The Morgan fingerprint density at radius 3 is 2.00 bits per heavy atom. The molecule has 1 aliphatic heterocycles. The molecule has 0 bridgehead atoms. The second kappa shape index (κ2) is 13.3. The smallest absolute Gasteiger partial charge is 0.381 e. The molecule has 1 fully saturated rings. The third-order valence-corrected chi connectivity index (χ3v) is 6.88. The molecule has 7 heteroatoms. The van der Waals surface area contributed by atoms with Crippen molar-refractivity contribution in [2.24, 2.45) is 0 Å². The van der Waals surface area contributed by atoms with E-state index < -0.39 is 8.80 Å². The standard InChI is InChI=1S/C16H35NO5Si/c1-4-20-23(21-5-2,22-6-3)16-8-13-18-12-7-9-17-10-14-19-15-11-17/h4-16H2,1-3H3. The van der Waals surface area contributed by atoms with Gasteiger partial charge in [-0.2, -0.15) is 0 Å². The Balaban J connectivity index is 2.10. The van der Waals surface area contributed by atoms with E-state index in [-0.39, 0.29) is 0 Å². The normalized spacial score (nSPS) is 16.8. The maximum Gasteiger partial charge on any atom is 0.501 e. The molecule has 1 saturated heterocycles. The van der Waals surface area contributed by atoms with Crippen LogP contribution in [-0.4, -0.2) is 79.6 Å². The third-order valence-electron chi connectivity index (χ3n) is 3.73. The van der Waals surface area contributed by atoms with Crippen molar-refractivity contribution in [1.82, 2.24) is 4.90 Å². The molecule has 0 aromatic heterocycles. The second-order valence-corrected chi connectivity index (χ2v) is 8.24. The van der Waals surface area contributed by atoms with Gasteiger partial charge >= 0.3 is 8.80 Å². The van der Waals surface area contributed by atoms with E-state index in [1.165, 1.54) is 0 Å². The summed E-state index contributed by atoms with van der Waals surface area (Å²) in [6.07, 6.45) is 1.99. The Labute approximate surface area is 142 Å². The number of nitrogens with zero attached hydrogens (tertiary/aromatic N) is 1. The maximum absolute atomic E-state index is 5.84. The molecule has 0 radical (unpaired) electrons. The molecule has 0 amide bonds. The molecule has 6 nitrogen and oxygen atoms in total. The molecule has 0 atom stereocenters. The van der Waals surface area contributed by atoms with E-state index in [0.717, 1.165) is 64.9 Å². The molecular formula is C16H35NO5Si. The van der Waals surface area contributed by atoms with Crippen LogP contribution in [0.15, 0.2) is 0 Å². The Morgan fingerprint density at radius 1 is 0.870 bits per heavy atom. The zero-order valence-electron chi connectivity index (χ0n) is 15.2. The van der Waals surface area contributed by atoms with Gasteiger partial charge in [0, 0.05) is 58.7 Å². The lowest BCUT2D eigenvalue weighted by Crippen LogP contribution is -2.46. The zero-order chi connectivity index (χ0) is 16.8. The predicted octanol–water partition coefficient (Wildman–Crippen LogP) is 2.16. The Kier molecular flexibility index (Phi) is 12.1. The lowest BCUT2D eigenvalue weighted by atomic mass is 10.3. The van der Waals surface area contributed by atoms with Crippen LogP contribution in [0.25, 0.3) is 0 Å². The van der Waals surface area contributed by atoms with Gasteiger partial charge in [-0.05, 0) is 33.6 Å². The fourth-order valence-electron chi connectivity index (χ4n) is 2.71. The summed E-state index contributed by atoms with van der Waals surface area (Å²) >= 11 is 0. The van der Waals surface area contributed by atoms with Crippen molar-refractivity contribution in [2.75, 3.05) is 65.9 Å². The van der Waals surface area contributed by atoms with Crippen LogP contribution in [0.4, 0.5) is 0 Å². The summed E-state index contributed by atoms with van der Waals surface area (Å²) in [5.41, 5.74) is 0. The number of hydrogen-bond acceptors (Lipinski definition) is 6. The van der Waals surface area contributed by atoms with Crippen molar-refractivity contribution < 1.29 is 22.8 Å². The fourth-order valence-corrected chi connectivity index (χ4v) is 5.29. The Morgan fingerprint density at radius 2 is 1.43 bits per heavy atom. The summed E-state index contributed by atoms with van der Waals surface area (Å²) < 4.78 is 28.6. The Bertz CT molecular complexity index is 260. The van der Waals surface area contributed by atoms with Crippen molar-refractivity contribution in [2.45, 2.75) is 39.7 Å². The van der Waals surface area contributed by atoms with Crippen LogP contribution < -0.4 is 0 Å². The van der Waals surface area contributed by atoms with Crippen molar-refractivity contribution in [3.05, 3.63) is 0 Å². The molecule has 0 aliphatic carbocycles. The van der Waals surface area contributed by atoms with Crippen LogP contribution in [0.2, 0.25) is 6.04 Å². The second-order valence-electron chi connectivity index (χ2n) is 5.51. The summed E-state index contributed by atoms with van der Waals surface area (Å²) in [6, 6.07) is 0.825. The van der Waals surface area contributed by atoms with E-state index in [9.17, 15) is 0 Å². The average Bonchev–Trinajstić information content (AvgIpc) is 2.56. The van der Waals surface area contributed by atoms with Crippen LogP contribution in [-0.2, 0) is 22.8 Å². The molecule has 1 rings (SSSR count). The lowest BCUT2D eigenvalue weighted by Gasteiger charge is -2.28. The van der Waals surface area contributed by atoms with Crippen LogP contribution >= 0.6 is 0 Å². The molecule has 0 unspecified atom stereocenters. The van der Waals surface area contributed by atoms with Gasteiger partial charge in [0.25, 0.3) is 0 Å². The topological polar surface area (TPSA) is 49.4 Å². The fraction of sp³-hybridized carbons (Fsp3) is 1.00. The monoisotopic (exact) mass is 349 g/mol. The van der Waals surface area contributed by atoms with E-state index in [4.69, 9.17) is 22.8 Å². The number of rotatable bonds is 14. The minimum absolute atomic E-state index is 0.632. The van der Waals surface area contributed by atoms with Crippen molar-refractivity contribution in [3.63, 3.8) is 0 Å². The number of hydrogen-bond donors (Lipinski definition) is 0. The SMILES string of the molecule is CCO[Si](CCCOCCCN1CCOCC1)(OCC)OCC. The summed E-state index contributed by atoms with van der Waals surface area (Å²) in [5, 5.41) is 0. The number of ether oxygens (including phenoxy) is 2. The van der Waals surface area contributed by atoms with Crippen LogP contribution in [0.1, 0.15) is 33.6 Å². The minimum atomic E-state index is -2.49. The molecule has 0 aromatic carbocycles. The van der Waals surface area contributed by atoms with Gasteiger partial charge in [-0.3, -0.25) is 4.90 Å². The van der Waals surface area contributed by atoms with E-state index in [0.29, 0.717) is 19.8 Å². The average molecular weight is 350 g/mol. The van der Waals surface area contributed by atoms with Gasteiger partial charge in [-0.1, -0.05) is 0 Å². The summed E-state index contributed by atoms with van der Waals surface area (Å²) in [4.78, 5) is 2.43. The quantitative estimate of drug-likeness (QED) is 0.354. The van der Waals surface area contributed by atoms with Crippen LogP contribution in [0.5, 0.6) is 0 Å². The van der Waals surface area contributed by atoms with Crippen LogP contribution in [0, 0.1) is 0 Å². The van der Waals surface area contributed by atoms with Gasteiger partial charge in [-0.15, -0.1) is 0 Å². The first-order chi connectivity index (χ1) is 11.3. The zero-order valence-corrected chi connectivity index (χ0v) is 16.2. The largest absolute Gasteiger partial charge is 0.501 e. The first-order valence-electron chi connectivity index (χ1n) is 9.06. The van der Waals surface area contributed by atoms with Crippen molar-refractivity contribution >= 4 is 8.80 Å². The lowest BCUT2D eigenvalue weighted by molar-refractivity contribution is 0.0315. The number of morpholine rings is 1. The summed E-state index contributed by atoms with van der Waals surface area (Å²) in [5.74, 6) is 0. The van der Waals surface area contributed by atoms with Crippen LogP contribution in [0.3, 0.4) is 0 Å². The predicted molar refractivity (Wildman–Crippen MR) is 92.8 cm³/mol. The van der Waals surface area contributed by atoms with Gasteiger partial charge < -0.3 is 22.8 Å². The van der Waals surface area contributed by atoms with Gasteiger partial charge in [0.15, 0.2) is 0 Å². The molecule has 0 aromatic rings. The van der Waals surface area contributed by atoms with Crippen molar-refractivity contribution in [3.8, 4) is 0 Å². The third kappa shape index (κ3) is 9.14. The molecule has 1 aliphatic rings. The molecule has 23 heavy (non-hydrogen) atoms. The summed E-state index contributed by atoms with van der Waals surface area (Å²) in [6.45, 7) is 14.3. The van der Waals surface area contributed by atoms with E-state index in [1.807, 2.05) is 20.8 Å². The first kappa shape index (κ1) is 21.0. The van der Waals surface area contributed by atoms with Crippen molar-refractivity contribution in [1.29, 1.82) is 0 Å². The highest BCUT2D eigenvalue weighted by Gasteiger charge is 2.39. The van der Waals surface area contributed by atoms with Gasteiger partial charge in [0.1, 0.15) is 0 Å². The van der Waals surface area contributed by atoms with E-state index in [2.05, 4.69) is 4.90 Å². The molecule has 0 spiro atoms. The first-order valence-corrected chi connectivity index (χ1v) is 11.0. The van der Waals surface area contributed by atoms with E-state index >= 15 is 0 Å². The van der Waals surface area contributed by atoms with E-state index in [1.54, 1.807) is 0 Å². The Hall–Kier alpha value is -0.0231. The highest BCUT2D eigenvalue weighted by molar-refractivity contribution is 6.60. The molecule has 0 N–H and O–H groups in total. The highest BCUT2D eigenvalue weighted by Crippen LogP contribution is 2.18. The van der Waals surface area contributed by atoms with Gasteiger partial charge in [-0.25, -0.2) is 0 Å². The highest BCUT2D eigenvalue weighted by atomic mass is 28.4. The molecular weight excluding hydrogens is 314 g/mol. The molecule has 138 valence electrons.